The Hall–Kier alpha value is -3.23. The summed E-state index contributed by atoms with van der Waals surface area (Å²) in [5.74, 6) is -0.754. The second-order valence-electron chi connectivity index (χ2n) is 5.86. The summed E-state index contributed by atoms with van der Waals surface area (Å²) in [7, 11) is 3.27. The van der Waals surface area contributed by atoms with Gasteiger partial charge in [0.05, 0.1) is 6.20 Å². The smallest absolute Gasteiger partial charge is 0.273 e. The second-order valence-corrected chi connectivity index (χ2v) is 5.86. The van der Waals surface area contributed by atoms with Gasteiger partial charge in [-0.25, -0.2) is 4.68 Å². The Morgan fingerprint density at radius 1 is 1.12 bits per heavy atom. The summed E-state index contributed by atoms with van der Waals surface area (Å²) in [6, 6.07) is 9.56. The quantitative estimate of drug-likeness (QED) is 0.679. The number of nitrogens with one attached hydrogen (secondary N) is 2. The lowest BCUT2D eigenvalue weighted by molar-refractivity contribution is -0.129. The van der Waals surface area contributed by atoms with Crippen LogP contribution in [0.15, 0.2) is 36.5 Å². The monoisotopic (exact) mass is 358 g/mol. The van der Waals surface area contributed by atoms with E-state index in [1.54, 1.807) is 14.1 Å². The van der Waals surface area contributed by atoms with Crippen molar-refractivity contribution >= 4 is 17.7 Å². The highest BCUT2D eigenvalue weighted by molar-refractivity contribution is 5.92. The topological polar surface area (TPSA) is 109 Å². The van der Waals surface area contributed by atoms with Crippen molar-refractivity contribution in [2.24, 2.45) is 0 Å². The van der Waals surface area contributed by atoms with Crippen LogP contribution in [0.25, 0.3) is 0 Å². The van der Waals surface area contributed by atoms with Gasteiger partial charge in [0.25, 0.3) is 5.91 Å². The highest BCUT2D eigenvalue weighted by Crippen LogP contribution is 1.98. The maximum absolute atomic E-state index is 12.0. The molecule has 0 aliphatic rings. The summed E-state index contributed by atoms with van der Waals surface area (Å²) in [6.45, 7) is 0.639. The molecule has 0 bridgehead atoms. The van der Waals surface area contributed by atoms with Crippen molar-refractivity contribution in [1.82, 2.24) is 30.5 Å². The number of aromatic nitrogens is 3. The Morgan fingerprint density at radius 3 is 2.54 bits per heavy atom. The van der Waals surface area contributed by atoms with E-state index in [4.69, 9.17) is 0 Å². The summed E-state index contributed by atoms with van der Waals surface area (Å²) in [5.41, 5.74) is 1.11. The predicted octanol–water partition coefficient (Wildman–Crippen LogP) is -0.197. The van der Waals surface area contributed by atoms with Crippen LogP contribution in [0, 0.1) is 0 Å². The van der Waals surface area contributed by atoms with E-state index in [0.717, 1.165) is 5.56 Å². The molecule has 0 saturated carbocycles. The minimum Gasteiger partial charge on any atom is -0.352 e. The van der Waals surface area contributed by atoms with Crippen LogP contribution in [0.1, 0.15) is 22.5 Å². The molecular weight excluding hydrogens is 336 g/mol. The molecule has 2 N–H and O–H groups in total. The van der Waals surface area contributed by atoms with Gasteiger partial charge in [0.2, 0.25) is 11.8 Å². The molecule has 0 radical (unpaired) electrons. The first-order chi connectivity index (χ1) is 12.5. The Morgan fingerprint density at radius 2 is 1.85 bits per heavy atom. The van der Waals surface area contributed by atoms with E-state index < -0.39 is 5.91 Å². The number of likely N-dealkylation sites (N-methyl/N-ethyl adjacent to an activating group) is 1. The fraction of sp³-hybridized carbons (Fsp3) is 0.353. The van der Waals surface area contributed by atoms with E-state index in [9.17, 15) is 14.4 Å². The predicted molar refractivity (Wildman–Crippen MR) is 94.0 cm³/mol. The average molecular weight is 358 g/mol. The van der Waals surface area contributed by atoms with Gasteiger partial charge in [-0.1, -0.05) is 35.5 Å². The van der Waals surface area contributed by atoms with Crippen LogP contribution < -0.4 is 10.6 Å². The van der Waals surface area contributed by atoms with Gasteiger partial charge >= 0.3 is 0 Å². The molecule has 0 unspecified atom stereocenters. The third kappa shape index (κ3) is 6.00. The van der Waals surface area contributed by atoms with Crippen molar-refractivity contribution in [3.05, 3.63) is 47.8 Å². The van der Waals surface area contributed by atoms with Crippen molar-refractivity contribution in [3.63, 3.8) is 0 Å². The van der Waals surface area contributed by atoms with Gasteiger partial charge in [-0.3, -0.25) is 14.4 Å². The largest absolute Gasteiger partial charge is 0.352 e. The number of hydrogen-bond acceptors (Lipinski definition) is 5. The number of rotatable bonds is 8. The third-order valence-corrected chi connectivity index (χ3v) is 3.54. The number of carbonyl (C=O) groups is 3. The molecule has 0 atom stereocenters. The molecule has 0 spiro atoms. The average Bonchev–Trinajstić information content (AvgIpc) is 3.09. The molecule has 1 aromatic carbocycles. The molecule has 9 nitrogen and oxygen atoms in total. The third-order valence-electron chi connectivity index (χ3n) is 3.54. The van der Waals surface area contributed by atoms with Gasteiger partial charge in [-0.2, -0.15) is 0 Å². The van der Waals surface area contributed by atoms with Gasteiger partial charge < -0.3 is 15.5 Å². The lowest BCUT2D eigenvalue weighted by atomic mass is 10.2. The van der Waals surface area contributed by atoms with Crippen LogP contribution in [-0.4, -0.2) is 58.3 Å². The van der Waals surface area contributed by atoms with E-state index >= 15 is 0 Å². The fourth-order valence-corrected chi connectivity index (χ4v) is 2.02. The Kier molecular flexibility index (Phi) is 6.84. The number of nitrogens with zero attached hydrogens (tertiary/aromatic N) is 4. The van der Waals surface area contributed by atoms with E-state index in [2.05, 4.69) is 20.9 Å². The highest BCUT2D eigenvalue weighted by atomic mass is 16.2. The van der Waals surface area contributed by atoms with E-state index in [1.807, 2.05) is 30.3 Å². The molecule has 0 aliphatic heterocycles. The molecule has 26 heavy (non-hydrogen) atoms. The Bertz CT molecular complexity index is 757. The SMILES string of the molecule is CN(C)C(=O)Cn1cc(C(=O)NCCC(=O)NCc2ccccc2)nn1. The molecule has 138 valence electrons. The molecular formula is C17H22N6O3. The maximum atomic E-state index is 12.0. The van der Waals surface area contributed by atoms with Crippen LogP contribution in [0.2, 0.25) is 0 Å². The number of hydrogen-bond donors (Lipinski definition) is 2. The van der Waals surface area contributed by atoms with Gasteiger partial charge in [0, 0.05) is 33.6 Å². The molecule has 9 heteroatoms. The standard InChI is InChI=1S/C17H22N6O3/c1-22(2)16(25)12-23-11-14(20-21-23)17(26)18-9-8-15(24)19-10-13-6-4-3-5-7-13/h3-7,11H,8-10,12H2,1-2H3,(H,18,26)(H,19,24). The number of benzene rings is 1. The lowest BCUT2D eigenvalue weighted by Crippen LogP contribution is -2.30. The van der Waals surface area contributed by atoms with Crippen LogP contribution in [0.4, 0.5) is 0 Å². The van der Waals surface area contributed by atoms with Crippen molar-refractivity contribution in [2.45, 2.75) is 19.5 Å². The Labute approximate surface area is 151 Å². The summed E-state index contributed by atoms with van der Waals surface area (Å²) in [5, 5.41) is 12.9. The van der Waals surface area contributed by atoms with Gasteiger partial charge in [0.1, 0.15) is 6.54 Å². The van der Waals surface area contributed by atoms with Gasteiger partial charge in [0.15, 0.2) is 5.69 Å². The minimum absolute atomic E-state index is 0.00910. The first kappa shape index (κ1) is 19.1. The second kappa shape index (κ2) is 9.30. The van der Waals surface area contributed by atoms with Crippen molar-refractivity contribution in [1.29, 1.82) is 0 Å². The summed E-state index contributed by atoms with van der Waals surface area (Å²) in [4.78, 5) is 36.8. The van der Waals surface area contributed by atoms with Crippen molar-refractivity contribution in [3.8, 4) is 0 Å². The summed E-state index contributed by atoms with van der Waals surface area (Å²) < 4.78 is 1.30. The van der Waals surface area contributed by atoms with E-state index in [-0.39, 0.29) is 37.0 Å². The fourth-order valence-electron chi connectivity index (χ4n) is 2.02. The first-order valence-corrected chi connectivity index (χ1v) is 8.15. The zero-order valence-electron chi connectivity index (χ0n) is 14.8. The number of carbonyl (C=O) groups excluding carboxylic acids is 3. The lowest BCUT2D eigenvalue weighted by Gasteiger charge is -2.08. The maximum Gasteiger partial charge on any atom is 0.273 e. The van der Waals surface area contributed by atoms with Gasteiger partial charge in [-0.15, -0.1) is 5.10 Å². The molecule has 0 saturated heterocycles. The molecule has 2 rings (SSSR count). The molecule has 2 aromatic rings. The summed E-state index contributed by atoms with van der Waals surface area (Å²) >= 11 is 0. The minimum atomic E-state index is -0.440. The van der Waals surface area contributed by atoms with Crippen LogP contribution in [0.3, 0.4) is 0 Å². The molecule has 1 aromatic heterocycles. The first-order valence-electron chi connectivity index (χ1n) is 8.15. The number of amides is 3. The highest BCUT2D eigenvalue weighted by Gasteiger charge is 2.13. The van der Waals surface area contributed by atoms with Crippen molar-refractivity contribution < 1.29 is 14.4 Å². The molecule has 0 fully saturated rings. The molecule has 3 amide bonds. The summed E-state index contributed by atoms with van der Waals surface area (Å²) in [6.07, 6.45) is 1.55. The zero-order chi connectivity index (χ0) is 18.9. The van der Waals surface area contributed by atoms with Crippen LogP contribution >= 0.6 is 0 Å². The van der Waals surface area contributed by atoms with Gasteiger partial charge in [-0.05, 0) is 5.56 Å². The van der Waals surface area contributed by atoms with E-state index in [0.29, 0.717) is 6.54 Å². The normalized spacial score (nSPS) is 10.2. The molecule has 0 aliphatic carbocycles. The zero-order valence-corrected chi connectivity index (χ0v) is 14.8. The van der Waals surface area contributed by atoms with E-state index in [1.165, 1.54) is 15.8 Å². The van der Waals surface area contributed by atoms with Crippen molar-refractivity contribution in [2.75, 3.05) is 20.6 Å². The Balaban J connectivity index is 1.70. The molecule has 1 heterocycles. The van der Waals surface area contributed by atoms with Crippen LogP contribution in [0.5, 0.6) is 0 Å². The van der Waals surface area contributed by atoms with Crippen LogP contribution in [-0.2, 0) is 22.7 Å².